The van der Waals surface area contributed by atoms with Crippen LogP contribution in [0.15, 0.2) is 30.5 Å². The van der Waals surface area contributed by atoms with Crippen LogP contribution in [-0.4, -0.2) is 18.6 Å². The van der Waals surface area contributed by atoms with Gasteiger partial charge in [0, 0.05) is 29.3 Å². The van der Waals surface area contributed by atoms with E-state index in [2.05, 4.69) is 60.2 Å². The third kappa shape index (κ3) is 2.96. The number of hydrogen-bond acceptors (Lipinski definition) is 4. The Bertz CT molecular complexity index is 536. The minimum absolute atomic E-state index is 0.349. The van der Waals surface area contributed by atoms with Crippen molar-refractivity contribution in [3.05, 3.63) is 40.9 Å². The van der Waals surface area contributed by atoms with Crippen LogP contribution in [0.3, 0.4) is 0 Å². The highest BCUT2D eigenvalue weighted by Crippen LogP contribution is 2.33. The Hall–Kier alpha value is -1.39. The van der Waals surface area contributed by atoms with Crippen LogP contribution in [0.1, 0.15) is 30.3 Å². The number of nitrogens with zero attached hydrogens (tertiary/aromatic N) is 2. The lowest BCUT2D eigenvalue weighted by Crippen LogP contribution is -2.16. The van der Waals surface area contributed by atoms with Gasteiger partial charge in [-0.2, -0.15) is 0 Å². The third-order valence-corrected chi connectivity index (χ3v) is 4.53. The minimum atomic E-state index is 0.349. The summed E-state index contributed by atoms with van der Waals surface area (Å²) in [5.74, 6) is 0. The summed E-state index contributed by atoms with van der Waals surface area (Å²) >= 11 is 1.75. The van der Waals surface area contributed by atoms with Gasteiger partial charge in [-0.15, -0.1) is 0 Å². The van der Waals surface area contributed by atoms with Crippen molar-refractivity contribution in [2.75, 3.05) is 18.5 Å². The molecule has 1 N–H and O–H groups in total. The molecule has 0 spiro atoms. The Morgan fingerprint density at radius 2 is 2.11 bits per heavy atom. The third-order valence-electron chi connectivity index (χ3n) is 3.32. The van der Waals surface area contributed by atoms with E-state index in [4.69, 9.17) is 0 Å². The van der Waals surface area contributed by atoms with Crippen LogP contribution in [0.25, 0.3) is 0 Å². The van der Waals surface area contributed by atoms with Crippen LogP contribution in [0.5, 0.6) is 0 Å². The van der Waals surface area contributed by atoms with Crippen LogP contribution in [0.4, 0.5) is 10.8 Å². The summed E-state index contributed by atoms with van der Waals surface area (Å²) < 4.78 is 0. The van der Waals surface area contributed by atoms with Crippen LogP contribution in [0, 0.1) is 6.92 Å². The SMILES string of the molecule is CCN(c1ncc(C(C)NC)s1)c1ccccc1C. The van der Waals surface area contributed by atoms with Crippen molar-refractivity contribution in [2.24, 2.45) is 0 Å². The van der Waals surface area contributed by atoms with E-state index in [0.29, 0.717) is 6.04 Å². The maximum absolute atomic E-state index is 4.58. The molecule has 0 bridgehead atoms. The summed E-state index contributed by atoms with van der Waals surface area (Å²) in [6, 6.07) is 8.80. The molecule has 0 saturated carbocycles. The molecule has 0 aliphatic heterocycles. The van der Waals surface area contributed by atoms with Gasteiger partial charge in [-0.25, -0.2) is 4.98 Å². The zero-order valence-corrected chi connectivity index (χ0v) is 12.8. The summed E-state index contributed by atoms with van der Waals surface area (Å²) in [5, 5.41) is 4.32. The number of para-hydroxylation sites is 1. The van der Waals surface area contributed by atoms with E-state index in [9.17, 15) is 0 Å². The maximum Gasteiger partial charge on any atom is 0.190 e. The van der Waals surface area contributed by atoms with Gasteiger partial charge < -0.3 is 10.2 Å². The molecule has 0 aliphatic rings. The minimum Gasteiger partial charge on any atom is -0.318 e. The zero-order chi connectivity index (χ0) is 13.8. The van der Waals surface area contributed by atoms with Gasteiger partial charge in [-0.05, 0) is 39.4 Å². The molecule has 0 fully saturated rings. The number of rotatable bonds is 5. The van der Waals surface area contributed by atoms with E-state index in [1.165, 1.54) is 16.1 Å². The second kappa shape index (κ2) is 6.17. The lowest BCUT2D eigenvalue weighted by Gasteiger charge is -2.21. The molecule has 2 rings (SSSR count). The van der Waals surface area contributed by atoms with Crippen molar-refractivity contribution in [1.29, 1.82) is 0 Å². The molecule has 0 radical (unpaired) electrons. The number of hydrogen-bond donors (Lipinski definition) is 1. The lowest BCUT2D eigenvalue weighted by atomic mass is 10.2. The van der Waals surface area contributed by atoms with E-state index in [0.717, 1.165) is 11.7 Å². The monoisotopic (exact) mass is 275 g/mol. The molecule has 0 amide bonds. The average molecular weight is 275 g/mol. The molecule has 1 aromatic heterocycles. The van der Waals surface area contributed by atoms with Gasteiger partial charge in [0.15, 0.2) is 5.13 Å². The fourth-order valence-corrected chi connectivity index (χ4v) is 3.07. The van der Waals surface area contributed by atoms with Crippen LogP contribution in [-0.2, 0) is 0 Å². The Morgan fingerprint density at radius 3 is 2.74 bits per heavy atom. The first-order valence-corrected chi connectivity index (χ1v) is 7.45. The summed E-state index contributed by atoms with van der Waals surface area (Å²) in [4.78, 5) is 8.12. The molecule has 4 heteroatoms. The maximum atomic E-state index is 4.58. The van der Waals surface area contributed by atoms with E-state index < -0.39 is 0 Å². The number of aromatic nitrogens is 1. The molecule has 2 aromatic rings. The molecular formula is C15H21N3S. The molecule has 1 heterocycles. The van der Waals surface area contributed by atoms with Crippen LogP contribution >= 0.6 is 11.3 Å². The number of nitrogens with one attached hydrogen (secondary N) is 1. The van der Waals surface area contributed by atoms with Gasteiger partial charge in [0.25, 0.3) is 0 Å². The van der Waals surface area contributed by atoms with Crippen LogP contribution in [0.2, 0.25) is 0 Å². The molecular weight excluding hydrogens is 254 g/mol. The van der Waals surface area contributed by atoms with Gasteiger partial charge in [-0.3, -0.25) is 0 Å². The van der Waals surface area contributed by atoms with Crippen molar-refractivity contribution >= 4 is 22.2 Å². The van der Waals surface area contributed by atoms with E-state index >= 15 is 0 Å². The predicted molar refractivity (Wildman–Crippen MR) is 83.4 cm³/mol. The van der Waals surface area contributed by atoms with Crippen molar-refractivity contribution < 1.29 is 0 Å². The van der Waals surface area contributed by atoms with Gasteiger partial charge >= 0.3 is 0 Å². The quantitative estimate of drug-likeness (QED) is 0.897. The van der Waals surface area contributed by atoms with Crippen molar-refractivity contribution in [1.82, 2.24) is 10.3 Å². The topological polar surface area (TPSA) is 28.2 Å². The fourth-order valence-electron chi connectivity index (χ4n) is 2.02. The average Bonchev–Trinajstić information content (AvgIpc) is 2.90. The summed E-state index contributed by atoms with van der Waals surface area (Å²) in [6.07, 6.45) is 1.97. The Labute approximate surface area is 119 Å². The highest BCUT2D eigenvalue weighted by atomic mass is 32.1. The van der Waals surface area contributed by atoms with Crippen molar-refractivity contribution in [3.8, 4) is 0 Å². The molecule has 1 aromatic carbocycles. The zero-order valence-electron chi connectivity index (χ0n) is 12.0. The first kappa shape index (κ1) is 14.0. The molecule has 0 aliphatic carbocycles. The largest absolute Gasteiger partial charge is 0.318 e. The molecule has 1 unspecified atom stereocenters. The molecule has 19 heavy (non-hydrogen) atoms. The summed E-state index contributed by atoms with van der Waals surface area (Å²) in [6.45, 7) is 7.38. The number of benzene rings is 1. The second-order valence-corrected chi connectivity index (χ2v) is 5.63. The van der Waals surface area contributed by atoms with Gasteiger partial charge in [-0.1, -0.05) is 29.5 Å². The summed E-state index contributed by atoms with van der Waals surface area (Å²) in [5.41, 5.74) is 2.52. The van der Waals surface area contributed by atoms with Gasteiger partial charge in [0.1, 0.15) is 0 Å². The Balaban J connectivity index is 2.32. The van der Waals surface area contributed by atoms with Gasteiger partial charge in [0.2, 0.25) is 0 Å². The van der Waals surface area contributed by atoms with E-state index in [1.807, 2.05) is 13.2 Å². The predicted octanol–water partition coefficient (Wildman–Crippen LogP) is 3.89. The van der Waals surface area contributed by atoms with Crippen LogP contribution < -0.4 is 10.2 Å². The number of thiazole rings is 1. The lowest BCUT2D eigenvalue weighted by molar-refractivity contribution is 0.662. The Morgan fingerprint density at radius 1 is 1.37 bits per heavy atom. The van der Waals surface area contributed by atoms with E-state index in [-0.39, 0.29) is 0 Å². The second-order valence-electron chi connectivity index (χ2n) is 4.59. The molecule has 0 saturated heterocycles. The first-order valence-electron chi connectivity index (χ1n) is 6.63. The summed E-state index contributed by atoms with van der Waals surface area (Å²) in [7, 11) is 1.98. The Kier molecular flexibility index (Phi) is 4.56. The molecule has 1 atom stereocenters. The number of aryl methyl sites for hydroxylation is 1. The van der Waals surface area contributed by atoms with Crippen molar-refractivity contribution in [2.45, 2.75) is 26.8 Å². The highest BCUT2D eigenvalue weighted by molar-refractivity contribution is 7.15. The smallest absolute Gasteiger partial charge is 0.190 e. The van der Waals surface area contributed by atoms with E-state index in [1.54, 1.807) is 11.3 Å². The normalized spacial score (nSPS) is 12.4. The standard InChI is InChI=1S/C15H21N3S/c1-5-18(13-9-7-6-8-11(13)2)15-17-10-14(19-15)12(3)16-4/h6-10,12,16H,5H2,1-4H3. The molecule has 3 nitrogen and oxygen atoms in total. The first-order chi connectivity index (χ1) is 9.17. The van der Waals surface area contributed by atoms with Gasteiger partial charge in [0.05, 0.1) is 0 Å². The van der Waals surface area contributed by atoms with Crippen molar-refractivity contribution in [3.63, 3.8) is 0 Å². The fraction of sp³-hybridized carbons (Fsp3) is 0.400. The molecule has 102 valence electrons. The highest BCUT2D eigenvalue weighted by Gasteiger charge is 2.15. The number of anilines is 2.